The first kappa shape index (κ1) is 10.2. The molecule has 1 aromatic rings. The monoisotopic (exact) mass is 227 g/mol. The van der Waals surface area contributed by atoms with E-state index in [1.165, 1.54) is 0 Å². The van der Waals surface area contributed by atoms with E-state index >= 15 is 0 Å². The smallest absolute Gasteiger partial charge is 0.310 e. The summed E-state index contributed by atoms with van der Waals surface area (Å²) in [6, 6.07) is 0. The van der Waals surface area contributed by atoms with Gasteiger partial charge in [-0.15, -0.1) is 0 Å². The molecule has 6 heteroatoms. The van der Waals surface area contributed by atoms with Gasteiger partial charge in [-0.2, -0.15) is 0 Å². The Morgan fingerprint density at radius 2 is 2.33 bits per heavy atom. The molecule has 1 aromatic heterocycles. The zero-order chi connectivity index (χ0) is 11.0. The van der Waals surface area contributed by atoms with Gasteiger partial charge in [0, 0.05) is 24.8 Å². The number of hydrogen-bond acceptors (Lipinski definition) is 4. The summed E-state index contributed by atoms with van der Waals surface area (Å²) < 4.78 is 0. The van der Waals surface area contributed by atoms with Gasteiger partial charge in [0.2, 0.25) is 5.95 Å². The topological polar surface area (TPSA) is 66.3 Å². The lowest BCUT2D eigenvalue weighted by molar-refractivity contribution is -0.142. The number of hydrogen-bond donors (Lipinski definition) is 1. The Labute approximate surface area is 91.7 Å². The van der Waals surface area contributed by atoms with Gasteiger partial charge in [-0.25, -0.2) is 9.97 Å². The van der Waals surface area contributed by atoms with Crippen LogP contribution in [0.3, 0.4) is 0 Å². The summed E-state index contributed by atoms with van der Waals surface area (Å²) in [5.41, 5.74) is 0.815. The van der Waals surface area contributed by atoms with Crippen molar-refractivity contribution in [2.75, 3.05) is 18.0 Å². The highest BCUT2D eigenvalue weighted by molar-refractivity contribution is 6.30. The average Bonchev–Trinajstić information content (AvgIpc) is 2.08. The predicted molar refractivity (Wildman–Crippen MR) is 55.1 cm³/mol. The van der Waals surface area contributed by atoms with Crippen molar-refractivity contribution in [3.63, 3.8) is 0 Å². The molecule has 0 unspecified atom stereocenters. The third-order valence-corrected chi connectivity index (χ3v) is 2.79. The SMILES string of the molecule is Cc1cnc(N2CC(C(=O)O)C2)nc1Cl. The maximum Gasteiger partial charge on any atom is 0.310 e. The van der Waals surface area contributed by atoms with Crippen LogP contribution in [0.5, 0.6) is 0 Å². The fraction of sp³-hybridized carbons (Fsp3) is 0.444. The van der Waals surface area contributed by atoms with Gasteiger partial charge in [-0.1, -0.05) is 11.6 Å². The molecule has 0 spiro atoms. The van der Waals surface area contributed by atoms with Crippen molar-refractivity contribution in [1.29, 1.82) is 0 Å². The molecule has 0 radical (unpaired) electrons. The van der Waals surface area contributed by atoms with Crippen molar-refractivity contribution in [1.82, 2.24) is 9.97 Å². The molecule has 0 atom stereocenters. The summed E-state index contributed by atoms with van der Waals surface area (Å²) >= 11 is 5.84. The van der Waals surface area contributed by atoms with Crippen LogP contribution in [0.25, 0.3) is 0 Å². The number of aliphatic carboxylic acids is 1. The van der Waals surface area contributed by atoms with Gasteiger partial charge in [0.1, 0.15) is 5.15 Å². The quantitative estimate of drug-likeness (QED) is 0.763. The predicted octanol–water partition coefficient (Wildman–Crippen LogP) is 0.959. The third-order valence-electron chi connectivity index (χ3n) is 2.41. The highest BCUT2D eigenvalue weighted by Crippen LogP contribution is 2.23. The van der Waals surface area contributed by atoms with Crippen LogP contribution in [-0.2, 0) is 4.79 Å². The summed E-state index contributed by atoms with van der Waals surface area (Å²) in [5.74, 6) is -0.582. The molecule has 1 saturated heterocycles. The lowest BCUT2D eigenvalue weighted by Gasteiger charge is -2.36. The minimum Gasteiger partial charge on any atom is -0.481 e. The summed E-state index contributed by atoms with van der Waals surface area (Å²) in [4.78, 5) is 20.5. The molecular formula is C9H10ClN3O2. The van der Waals surface area contributed by atoms with Crippen LogP contribution < -0.4 is 4.90 Å². The summed E-state index contributed by atoms with van der Waals surface area (Å²) in [7, 11) is 0. The van der Waals surface area contributed by atoms with E-state index in [1.807, 2.05) is 6.92 Å². The third kappa shape index (κ3) is 1.87. The first-order valence-corrected chi connectivity index (χ1v) is 4.92. The number of halogens is 1. The van der Waals surface area contributed by atoms with E-state index in [0.717, 1.165) is 5.56 Å². The molecule has 80 valence electrons. The van der Waals surface area contributed by atoms with Crippen LogP contribution in [0.15, 0.2) is 6.20 Å². The van der Waals surface area contributed by atoms with Gasteiger partial charge < -0.3 is 10.0 Å². The highest BCUT2D eigenvalue weighted by atomic mass is 35.5. The molecule has 1 N–H and O–H groups in total. The van der Waals surface area contributed by atoms with E-state index in [9.17, 15) is 4.79 Å². The lowest BCUT2D eigenvalue weighted by Crippen LogP contribution is -2.51. The number of carboxylic acids is 1. The maximum absolute atomic E-state index is 10.6. The standard InChI is InChI=1S/C9H10ClN3O2/c1-5-2-11-9(12-7(5)10)13-3-6(4-13)8(14)15/h2,6H,3-4H2,1H3,(H,14,15). The van der Waals surface area contributed by atoms with Crippen LogP contribution in [-0.4, -0.2) is 34.1 Å². The van der Waals surface area contributed by atoms with Crippen LogP contribution in [0.1, 0.15) is 5.56 Å². The number of carbonyl (C=O) groups is 1. The van der Waals surface area contributed by atoms with Crippen molar-refractivity contribution in [2.24, 2.45) is 5.92 Å². The molecule has 0 aliphatic carbocycles. The van der Waals surface area contributed by atoms with Crippen LogP contribution in [0.4, 0.5) is 5.95 Å². The van der Waals surface area contributed by atoms with E-state index in [4.69, 9.17) is 16.7 Å². The second-order valence-corrected chi connectivity index (χ2v) is 3.94. The number of rotatable bonds is 2. The first-order valence-electron chi connectivity index (χ1n) is 4.55. The molecule has 1 aliphatic heterocycles. The minimum atomic E-state index is -0.774. The van der Waals surface area contributed by atoms with E-state index in [2.05, 4.69) is 9.97 Å². The molecular weight excluding hydrogens is 218 g/mol. The second-order valence-electron chi connectivity index (χ2n) is 3.58. The van der Waals surface area contributed by atoms with Crippen LogP contribution >= 0.6 is 11.6 Å². The Kier molecular flexibility index (Phi) is 2.48. The molecule has 1 aliphatic rings. The molecule has 1 fully saturated rings. The van der Waals surface area contributed by atoms with E-state index in [-0.39, 0.29) is 5.92 Å². The zero-order valence-corrected chi connectivity index (χ0v) is 8.90. The summed E-state index contributed by atoms with van der Waals surface area (Å²) in [6.45, 7) is 2.73. The molecule has 0 saturated carbocycles. The average molecular weight is 228 g/mol. The van der Waals surface area contributed by atoms with Crippen molar-refractivity contribution in [3.05, 3.63) is 16.9 Å². The van der Waals surface area contributed by atoms with Gasteiger partial charge in [0.15, 0.2) is 0 Å². The van der Waals surface area contributed by atoms with Gasteiger partial charge in [-0.05, 0) is 6.92 Å². The Balaban J connectivity index is 2.07. The molecule has 0 bridgehead atoms. The van der Waals surface area contributed by atoms with Crippen molar-refractivity contribution in [3.8, 4) is 0 Å². The maximum atomic E-state index is 10.6. The fourth-order valence-corrected chi connectivity index (χ4v) is 1.49. The fourth-order valence-electron chi connectivity index (χ4n) is 1.36. The number of aryl methyl sites for hydroxylation is 1. The largest absolute Gasteiger partial charge is 0.481 e. The zero-order valence-electron chi connectivity index (χ0n) is 8.14. The molecule has 2 heterocycles. The minimum absolute atomic E-state index is 0.311. The van der Waals surface area contributed by atoms with Crippen molar-refractivity contribution in [2.45, 2.75) is 6.92 Å². The number of aromatic nitrogens is 2. The van der Waals surface area contributed by atoms with Crippen LogP contribution in [0, 0.1) is 12.8 Å². The molecule has 0 amide bonds. The summed E-state index contributed by atoms with van der Waals surface area (Å²) in [5, 5.41) is 9.12. The molecule has 15 heavy (non-hydrogen) atoms. The number of carboxylic acid groups (broad SMARTS) is 1. The lowest BCUT2D eigenvalue weighted by atomic mass is 10.0. The van der Waals surface area contributed by atoms with Gasteiger partial charge in [0.05, 0.1) is 5.92 Å². The van der Waals surface area contributed by atoms with Crippen LogP contribution in [0.2, 0.25) is 5.15 Å². The molecule has 5 nitrogen and oxygen atoms in total. The van der Waals surface area contributed by atoms with Gasteiger partial charge in [0.25, 0.3) is 0 Å². The Hall–Kier alpha value is -1.36. The highest BCUT2D eigenvalue weighted by Gasteiger charge is 2.34. The van der Waals surface area contributed by atoms with Gasteiger partial charge >= 0.3 is 5.97 Å². The second kappa shape index (κ2) is 3.66. The van der Waals surface area contributed by atoms with E-state index in [1.54, 1.807) is 11.1 Å². The van der Waals surface area contributed by atoms with Crippen molar-refractivity contribution >= 4 is 23.5 Å². The number of anilines is 1. The van der Waals surface area contributed by atoms with Crippen molar-refractivity contribution < 1.29 is 9.90 Å². The first-order chi connectivity index (χ1) is 7.08. The Bertz CT molecular complexity index is 404. The summed E-state index contributed by atoms with van der Waals surface area (Å²) in [6.07, 6.45) is 1.64. The molecule has 0 aromatic carbocycles. The molecule has 2 rings (SSSR count). The normalized spacial score (nSPS) is 16.3. The van der Waals surface area contributed by atoms with E-state index in [0.29, 0.717) is 24.2 Å². The van der Waals surface area contributed by atoms with E-state index < -0.39 is 5.97 Å². The number of nitrogens with zero attached hydrogens (tertiary/aromatic N) is 3. The Morgan fingerprint density at radius 3 is 2.87 bits per heavy atom. The van der Waals surface area contributed by atoms with Gasteiger partial charge in [-0.3, -0.25) is 4.79 Å². The Morgan fingerprint density at radius 1 is 1.67 bits per heavy atom.